The lowest BCUT2D eigenvalue weighted by molar-refractivity contribution is -0.150. The second-order valence-corrected chi connectivity index (χ2v) is 12.7. The molecule has 0 radical (unpaired) electrons. The van der Waals surface area contributed by atoms with Gasteiger partial charge in [0.2, 0.25) is 11.8 Å². The highest BCUT2D eigenvalue weighted by atomic mass is 16.5. The Morgan fingerprint density at radius 3 is 2.02 bits per heavy atom. The highest BCUT2D eigenvalue weighted by molar-refractivity contribution is 5.86. The minimum atomic E-state index is -0.673. The Bertz CT molecular complexity index is 1440. The van der Waals surface area contributed by atoms with E-state index in [0.717, 1.165) is 22.4 Å². The van der Waals surface area contributed by atoms with Crippen LogP contribution in [0.1, 0.15) is 56.2 Å². The predicted molar refractivity (Wildman–Crippen MR) is 194 cm³/mol. The summed E-state index contributed by atoms with van der Waals surface area (Å²) in [5.41, 5.74) is 3.05. The molecule has 0 heterocycles. The largest absolute Gasteiger partial charge is 0.489 e. The molecular weight excluding hydrogens is 616 g/mol. The van der Waals surface area contributed by atoms with E-state index in [1.807, 2.05) is 98.8 Å². The van der Waals surface area contributed by atoms with E-state index >= 15 is 0 Å². The standard InChI is InChI=1S/C41H52N2O6/c1-5-7-19-35(24-31-15-10-8-11-16-31)41(47)49-29-38(30(3)4)43-40(46)34(14-6-2)26-39(45)42-36(27-44)25-32-20-22-37(23-21-32)48-28-33-17-12-9-13-18-33/h5-6,8-13,15-18,20-23,30,34-36,38,44H,1-2,7,14,19,24-29H2,3-4H3,(H,42,45)(H,43,46)/t34-,35+,36-,38+/m0/s1. The molecule has 0 aliphatic heterocycles. The van der Waals surface area contributed by atoms with Gasteiger partial charge in [-0.3, -0.25) is 14.4 Å². The van der Waals surface area contributed by atoms with Crippen molar-refractivity contribution in [1.29, 1.82) is 0 Å². The van der Waals surface area contributed by atoms with Gasteiger partial charge < -0.3 is 25.2 Å². The molecule has 4 atom stereocenters. The van der Waals surface area contributed by atoms with Gasteiger partial charge in [0.25, 0.3) is 0 Å². The van der Waals surface area contributed by atoms with Crippen molar-refractivity contribution in [2.75, 3.05) is 13.2 Å². The molecule has 49 heavy (non-hydrogen) atoms. The lowest BCUT2D eigenvalue weighted by atomic mass is 9.94. The maximum absolute atomic E-state index is 13.4. The van der Waals surface area contributed by atoms with Crippen molar-refractivity contribution in [3.63, 3.8) is 0 Å². The first kappa shape index (κ1) is 38.8. The van der Waals surface area contributed by atoms with E-state index in [9.17, 15) is 19.5 Å². The van der Waals surface area contributed by atoms with Crippen LogP contribution < -0.4 is 15.4 Å². The first-order valence-corrected chi connectivity index (χ1v) is 17.1. The summed E-state index contributed by atoms with van der Waals surface area (Å²) in [4.78, 5) is 39.6. The Hall–Kier alpha value is -4.69. The van der Waals surface area contributed by atoms with E-state index < -0.39 is 18.0 Å². The topological polar surface area (TPSA) is 114 Å². The summed E-state index contributed by atoms with van der Waals surface area (Å²) in [7, 11) is 0. The quantitative estimate of drug-likeness (QED) is 0.0847. The fourth-order valence-electron chi connectivity index (χ4n) is 5.42. The fraction of sp³-hybridized carbons (Fsp3) is 0.390. The van der Waals surface area contributed by atoms with Crippen LogP contribution in [0.15, 0.2) is 110 Å². The van der Waals surface area contributed by atoms with E-state index in [4.69, 9.17) is 9.47 Å². The van der Waals surface area contributed by atoms with Crippen molar-refractivity contribution in [1.82, 2.24) is 10.6 Å². The first-order valence-electron chi connectivity index (χ1n) is 17.1. The van der Waals surface area contributed by atoms with Crippen LogP contribution in [-0.4, -0.2) is 48.2 Å². The number of rotatable bonds is 22. The van der Waals surface area contributed by atoms with E-state index in [0.29, 0.717) is 38.7 Å². The van der Waals surface area contributed by atoms with Crippen LogP contribution in [-0.2, 0) is 38.6 Å². The van der Waals surface area contributed by atoms with Crippen molar-refractivity contribution in [3.05, 3.63) is 127 Å². The third-order valence-electron chi connectivity index (χ3n) is 8.41. The number of nitrogens with one attached hydrogen (secondary N) is 2. The van der Waals surface area contributed by atoms with Crippen molar-refractivity contribution >= 4 is 17.8 Å². The third kappa shape index (κ3) is 14.1. The molecule has 0 aromatic heterocycles. The SMILES string of the molecule is C=CCC[C@H](Cc1ccccc1)C(=O)OC[C@@H](NC(=O)[C@@H](CC=C)CC(=O)N[C@H](CO)Cc1ccc(OCc2ccccc2)cc1)C(C)C. The molecule has 0 bridgehead atoms. The minimum Gasteiger partial charge on any atom is -0.489 e. The van der Waals surface area contributed by atoms with Gasteiger partial charge in [-0.2, -0.15) is 0 Å². The average molecular weight is 669 g/mol. The normalized spacial score (nSPS) is 13.4. The number of aliphatic hydroxyl groups is 1. The second-order valence-electron chi connectivity index (χ2n) is 12.7. The Labute approximate surface area is 291 Å². The molecule has 0 saturated heterocycles. The monoisotopic (exact) mass is 668 g/mol. The zero-order chi connectivity index (χ0) is 35.4. The maximum atomic E-state index is 13.4. The number of carbonyl (C=O) groups excluding carboxylic acids is 3. The molecule has 3 rings (SSSR count). The molecule has 2 amide bonds. The highest BCUT2D eigenvalue weighted by Gasteiger charge is 2.27. The predicted octanol–water partition coefficient (Wildman–Crippen LogP) is 6.38. The van der Waals surface area contributed by atoms with Gasteiger partial charge in [0.1, 0.15) is 19.0 Å². The van der Waals surface area contributed by atoms with E-state index in [1.54, 1.807) is 12.2 Å². The Morgan fingerprint density at radius 1 is 0.796 bits per heavy atom. The number of benzene rings is 3. The fourth-order valence-corrected chi connectivity index (χ4v) is 5.42. The van der Waals surface area contributed by atoms with Crippen molar-refractivity contribution < 1.29 is 29.0 Å². The lowest BCUT2D eigenvalue weighted by Crippen LogP contribution is -2.47. The molecule has 3 aromatic rings. The lowest BCUT2D eigenvalue weighted by Gasteiger charge is -2.26. The van der Waals surface area contributed by atoms with Gasteiger partial charge in [-0.25, -0.2) is 0 Å². The number of carbonyl (C=O) groups is 3. The third-order valence-corrected chi connectivity index (χ3v) is 8.41. The van der Waals surface area contributed by atoms with Crippen LogP contribution in [0.5, 0.6) is 5.75 Å². The van der Waals surface area contributed by atoms with Crippen molar-refractivity contribution in [2.45, 2.75) is 71.1 Å². The van der Waals surface area contributed by atoms with Crippen molar-refractivity contribution in [3.8, 4) is 5.75 Å². The smallest absolute Gasteiger partial charge is 0.309 e. The van der Waals surface area contributed by atoms with Gasteiger partial charge in [0.15, 0.2) is 0 Å². The molecular formula is C41H52N2O6. The van der Waals surface area contributed by atoms with E-state index in [-0.39, 0.29) is 49.3 Å². The summed E-state index contributed by atoms with van der Waals surface area (Å²) in [6, 6.07) is 26.3. The maximum Gasteiger partial charge on any atom is 0.309 e. The van der Waals surface area contributed by atoms with E-state index in [1.165, 1.54) is 0 Å². The molecule has 3 N–H and O–H groups in total. The van der Waals surface area contributed by atoms with Crippen LogP contribution >= 0.6 is 0 Å². The second kappa shape index (κ2) is 21.3. The van der Waals surface area contributed by atoms with Crippen LogP contribution in [0, 0.1) is 17.8 Å². The number of aliphatic hydroxyl groups excluding tert-OH is 1. The van der Waals surface area contributed by atoms with E-state index in [2.05, 4.69) is 23.8 Å². The summed E-state index contributed by atoms with van der Waals surface area (Å²) in [5, 5.41) is 15.9. The summed E-state index contributed by atoms with van der Waals surface area (Å²) in [5.74, 6) is -1.27. The number of esters is 1. The van der Waals surface area contributed by atoms with Gasteiger partial charge in [0.05, 0.1) is 30.5 Å². The van der Waals surface area contributed by atoms with Crippen LogP contribution in [0.3, 0.4) is 0 Å². The number of amides is 2. The molecule has 3 aromatic carbocycles. The minimum absolute atomic E-state index is 0.0235. The molecule has 262 valence electrons. The molecule has 0 spiro atoms. The summed E-state index contributed by atoms with van der Waals surface area (Å²) in [6.07, 6.45) is 5.91. The number of ether oxygens (including phenoxy) is 2. The van der Waals surface area contributed by atoms with Gasteiger partial charge >= 0.3 is 5.97 Å². The van der Waals surface area contributed by atoms with Gasteiger partial charge in [-0.15, -0.1) is 13.2 Å². The van der Waals surface area contributed by atoms with Crippen LogP contribution in [0.25, 0.3) is 0 Å². The molecule has 0 fully saturated rings. The van der Waals surface area contributed by atoms with Gasteiger partial charge in [-0.05, 0) is 66.8 Å². The molecule has 8 nitrogen and oxygen atoms in total. The van der Waals surface area contributed by atoms with Crippen LogP contribution in [0.2, 0.25) is 0 Å². The Morgan fingerprint density at radius 2 is 1.43 bits per heavy atom. The molecule has 0 saturated carbocycles. The molecule has 0 aliphatic carbocycles. The first-order chi connectivity index (χ1) is 23.7. The number of hydrogen-bond donors (Lipinski definition) is 3. The summed E-state index contributed by atoms with van der Waals surface area (Å²) >= 11 is 0. The average Bonchev–Trinajstić information content (AvgIpc) is 3.11. The number of hydrogen-bond acceptors (Lipinski definition) is 6. The molecule has 0 unspecified atom stereocenters. The van der Waals surface area contributed by atoms with Crippen LogP contribution in [0.4, 0.5) is 0 Å². The molecule has 0 aliphatic rings. The Kier molecular flexibility index (Phi) is 16.9. The van der Waals surface area contributed by atoms with Gasteiger partial charge in [-0.1, -0.05) is 98.8 Å². The number of allylic oxidation sites excluding steroid dienone is 2. The Balaban J connectivity index is 1.52. The zero-order valence-electron chi connectivity index (χ0n) is 28.9. The zero-order valence-corrected chi connectivity index (χ0v) is 28.9. The van der Waals surface area contributed by atoms with Gasteiger partial charge in [0, 0.05) is 6.42 Å². The molecule has 8 heteroatoms. The summed E-state index contributed by atoms with van der Waals surface area (Å²) < 4.78 is 11.6. The van der Waals surface area contributed by atoms with Crippen molar-refractivity contribution in [2.24, 2.45) is 17.8 Å². The highest BCUT2D eigenvalue weighted by Crippen LogP contribution is 2.19. The summed E-state index contributed by atoms with van der Waals surface area (Å²) in [6.45, 7) is 11.7.